The quantitative estimate of drug-likeness (QED) is 0.275. The summed E-state index contributed by atoms with van der Waals surface area (Å²) in [4.78, 5) is 40.2. The number of hydrogen-bond acceptors (Lipinski definition) is 8. The highest BCUT2D eigenvalue weighted by Gasteiger charge is 2.43. The number of carbonyl (C=O) groups excluding carboxylic acids is 3. The number of rotatable bonds is 10. The first kappa shape index (κ1) is 27.6. The van der Waals surface area contributed by atoms with E-state index in [2.05, 4.69) is 5.32 Å². The Labute approximate surface area is 216 Å². The second kappa shape index (κ2) is 13.4. The number of anilines is 1. The molecule has 2 aromatic rings. The minimum atomic E-state index is -1.04. The number of ether oxygens (including phenoxy) is 5. The Morgan fingerprint density at radius 2 is 1.68 bits per heavy atom. The molecular formula is C27H34N2O8. The zero-order valence-electron chi connectivity index (χ0n) is 21.7. The first-order valence-corrected chi connectivity index (χ1v) is 12.3. The summed E-state index contributed by atoms with van der Waals surface area (Å²) in [5.74, 6) is 0.158. The Kier molecular flexibility index (Phi) is 10.00. The Morgan fingerprint density at radius 1 is 0.973 bits per heavy atom. The molecule has 3 rings (SSSR count). The van der Waals surface area contributed by atoms with Crippen LogP contribution >= 0.6 is 0 Å². The van der Waals surface area contributed by atoms with Crippen LogP contribution in [-0.2, 0) is 25.6 Å². The van der Waals surface area contributed by atoms with E-state index in [0.717, 1.165) is 12.0 Å². The van der Waals surface area contributed by atoms with Crippen molar-refractivity contribution in [1.82, 2.24) is 5.32 Å². The number of carbonyl (C=O) groups is 3. The number of unbranched alkanes of at least 4 members (excludes halogenated alkanes) is 1. The minimum Gasteiger partial charge on any atom is -0.493 e. The van der Waals surface area contributed by atoms with Crippen LogP contribution in [0.15, 0.2) is 42.5 Å². The van der Waals surface area contributed by atoms with E-state index in [1.807, 2.05) is 37.3 Å². The van der Waals surface area contributed by atoms with Gasteiger partial charge in [0.05, 0.1) is 39.2 Å². The van der Waals surface area contributed by atoms with Gasteiger partial charge in [-0.15, -0.1) is 0 Å². The second-order valence-electron chi connectivity index (χ2n) is 8.37. The average molecular weight is 515 g/mol. The molecule has 0 saturated heterocycles. The molecular weight excluding hydrogens is 480 g/mol. The SMILES string of the molecule is CCCCOC(=O)[C@H]1C[C@@H](NC(=O)OCc2ccccc2)c2cc(OC)c(OC)cc2N1C(=O)OCC. The zero-order valence-corrected chi connectivity index (χ0v) is 21.7. The molecule has 2 amide bonds. The lowest BCUT2D eigenvalue weighted by Gasteiger charge is -2.39. The largest absolute Gasteiger partial charge is 0.493 e. The van der Waals surface area contributed by atoms with E-state index in [1.54, 1.807) is 19.1 Å². The molecule has 1 aliphatic heterocycles. The lowest BCUT2D eigenvalue weighted by Crippen LogP contribution is -2.52. The van der Waals surface area contributed by atoms with Crippen LogP contribution in [0.3, 0.4) is 0 Å². The molecule has 0 radical (unpaired) electrons. The van der Waals surface area contributed by atoms with Gasteiger partial charge in [-0.05, 0) is 25.0 Å². The molecule has 0 saturated carbocycles. The summed E-state index contributed by atoms with van der Waals surface area (Å²) in [7, 11) is 2.95. The molecule has 0 spiro atoms. The van der Waals surface area contributed by atoms with Crippen molar-refractivity contribution in [2.75, 3.05) is 32.3 Å². The van der Waals surface area contributed by atoms with Crippen molar-refractivity contribution < 1.29 is 38.1 Å². The summed E-state index contributed by atoms with van der Waals surface area (Å²) in [5.41, 5.74) is 1.71. The van der Waals surface area contributed by atoms with Gasteiger partial charge in [0, 0.05) is 18.1 Å². The fourth-order valence-electron chi connectivity index (χ4n) is 4.07. The van der Waals surface area contributed by atoms with Gasteiger partial charge in [-0.1, -0.05) is 43.7 Å². The number of nitrogens with zero attached hydrogens (tertiary/aromatic N) is 1. The number of methoxy groups -OCH3 is 2. The Bertz CT molecular complexity index is 1080. The fraction of sp³-hybridized carbons (Fsp3) is 0.444. The van der Waals surface area contributed by atoms with Crippen LogP contribution < -0.4 is 19.7 Å². The zero-order chi connectivity index (χ0) is 26.8. The highest BCUT2D eigenvalue weighted by Crippen LogP contribution is 2.44. The maximum atomic E-state index is 13.1. The van der Waals surface area contributed by atoms with Crippen molar-refractivity contribution >= 4 is 23.8 Å². The fourth-order valence-corrected chi connectivity index (χ4v) is 4.07. The molecule has 0 aromatic heterocycles. The smallest absolute Gasteiger partial charge is 0.415 e. The summed E-state index contributed by atoms with van der Waals surface area (Å²) in [6, 6.07) is 10.8. The van der Waals surface area contributed by atoms with Crippen molar-refractivity contribution in [3.05, 3.63) is 53.6 Å². The number of fused-ring (bicyclic) bond motifs is 1. The highest BCUT2D eigenvalue weighted by atomic mass is 16.6. The van der Waals surface area contributed by atoms with Crippen molar-refractivity contribution in [1.29, 1.82) is 0 Å². The molecule has 2 aromatic carbocycles. The number of esters is 1. The first-order valence-electron chi connectivity index (χ1n) is 12.3. The third-order valence-electron chi connectivity index (χ3n) is 5.92. The third kappa shape index (κ3) is 6.84. The topological polar surface area (TPSA) is 113 Å². The van der Waals surface area contributed by atoms with E-state index in [0.29, 0.717) is 29.2 Å². The van der Waals surface area contributed by atoms with Crippen LogP contribution in [-0.4, -0.2) is 51.6 Å². The van der Waals surface area contributed by atoms with Gasteiger partial charge in [-0.2, -0.15) is 0 Å². The number of hydrogen-bond donors (Lipinski definition) is 1. The van der Waals surface area contributed by atoms with Crippen molar-refractivity contribution in [3.63, 3.8) is 0 Å². The van der Waals surface area contributed by atoms with E-state index in [1.165, 1.54) is 19.1 Å². The molecule has 2 atom stereocenters. The van der Waals surface area contributed by atoms with E-state index in [4.69, 9.17) is 23.7 Å². The lowest BCUT2D eigenvalue weighted by atomic mass is 9.90. The average Bonchev–Trinajstić information content (AvgIpc) is 2.91. The third-order valence-corrected chi connectivity index (χ3v) is 5.92. The van der Waals surface area contributed by atoms with E-state index in [9.17, 15) is 14.4 Å². The van der Waals surface area contributed by atoms with Gasteiger partial charge in [0.2, 0.25) is 0 Å². The molecule has 10 nitrogen and oxygen atoms in total. The highest BCUT2D eigenvalue weighted by molar-refractivity contribution is 5.98. The number of alkyl carbamates (subject to hydrolysis) is 1. The number of benzene rings is 2. The molecule has 1 heterocycles. The van der Waals surface area contributed by atoms with Crippen LogP contribution in [0.4, 0.5) is 15.3 Å². The second-order valence-corrected chi connectivity index (χ2v) is 8.37. The molecule has 37 heavy (non-hydrogen) atoms. The molecule has 0 aliphatic carbocycles. The Morgan fingerprint density at radius 3 is 2.32 bits per heavy atom. The van der Waals surface area contributed by atoms with Gasteiger partial charge in [0.1, 0.15) is 12.6 Å². The molecule has 1 aliphatic rings. The molecule has 10 heteroatoms. The molecule has 0 fully saturated rings. The van der Waals surface area contributed by atoms with Gasteiger partial charge in [0.15, 0.2) is 11.5 Å². The predicted molar refractivity (Wildman–Crippen MR) is 136 cm³/mol. The summed E-state index contributed by atoms with van der Waals surface area (Å²) in [6.45, 7) is 4.08. The summed E-state index contributed by atoms with van der Waals surface area (Å²) in [5, 5.41) is 2.83. The molecule has 1 N–H and O–H groups in total. The molecule has 200 valence electrons. The van der Waals surface area contributed by atoms with Crippen LogP contribution in [0.5, 0.6) is 11.5 Å². The van der Waals surface area contributed by atoms with Gasteiger partial charge in [-0.25, -0.2) is 14.4 Å². The van der Waals surface area contributed by atoms with Crippen LogP contribution in [0, 0.1) is 0 Å². The van der Waals surface area contributed by atoms with Crippen molar-refractivity contribution in [2.45, 2.75) is 51.8 Å². The standard InChI is InChI=1S/C27H34N2O8/c1-5-7-13-36-25(30)22-15-20(28-26(31)37-17-18-11-9-8-10-12-18)19-14-23(33-3)24(34-4)16-21(19)29(22)27(32)35-6-2/h8-12,14,16,20,22H,5-7,13,15,17H2,1-4H3,(H,28,31)/t20-,22-/m1/s1. The van der Waals surface area contributed by atoms with Gasteiger partial charge >= 0.3 is 18.2 Å². The van der Waals surface area contributed by atoms with Crippen molar-refractivity contribution in [2.24, 2.45) is 0 Å². The van der Waals surface area contributed by atoms with Crippen LogP contribution in [0.25, 0.3) is 0 Å². The molecule has 0 unspecified atom stereocenters. The van der Waals surface area contributed by atoms with Gasteiger partial charge in [-0.3, -0.25) is 4.90 Å². The Hall–Kier alpha value is -3.95. The van der Waals surface area contributed by atoms with Crippen molar-refractivity contribution in [3.8, 4) is 11.5 Å². The van der Waals surface area contributed by atoms with E-state index in [-0.39, 0.29) is 26.2 Å². The van der Waals surface area contributed by atoms with E-state index >= 15 is 0 Å². The maximum Gasteiger partial charge on any atom is 0.415 e. The van der Waals surface area contributed by atoms with Gasteiger partial charge in [0.25, 0.3) is 0 Å². The number of amides is 2. The monoisotopic (exact) mass is 514 g/mol. The normalized spacial score (nSPS) is 16.3. The first-order chi connectivity index (χ1) is 17.9. The van der Waals surface area contributed by atoms with Crippen LogP contribution in [0.2, 0.25) is 0 Å². The summed E-state index contributed by atoms with van der Waals surface area (Å²) in [6.07, 6.45) is 0.201. The summed E-state index contributed by atoms with van der Waals surface area (Å²) < 4.78 is 27.0. The summed E-state index contributed by atoms with van der Waals surface area (Å²) >= 11 is 0. The van der Waals surface area contributed by atoms with Crippen LogP contribution in [0.1, 0.15) is 50.3 Å². The Balaban J connectivity index is 1.96. The maximum absolute atomic E-state index is 13.1. The predicted octanol–water partition coefficient (Wildman–Crippen LogP) is 4.75. The lowest BCUT2D eigenvalue weighted by molar-refractivity contribution is -0.145. The molecule has 0 bridgehead atoms. The minimum absolute atomic E-state index is 0.0483. The van der Waals surface area contributed by atoms with Gasteiger partial charge < -0.3 is 29.0 Å². The van der Waals surface area contributed by atoms with E-state index < -0.39 is 30.2 Å². The number of nitrogens with one attached hydrogen (secondary N) is 1.